The highest BCUT2D eigenvalue weighted by atomic mass is 16.7. The smallest absolute Gasteiger partial charge is 0.438 e. The van der Waals surface area contributed by atoms with Gasteiger partial charge in [0.25, 0.3) is 0 Å². The van der Waals surface area contributed by atoms with Crippen LogP contribution in [0.15, 0.2) is 23.3 Å². The Morgan fingerprint density at radius 3 is 2.33 bits per heavy atom. The number of unbranched alkanes of at least 4 members (excludes halogenated alkanes) is 1. The normalized spacial score (nSPS) is 33.3. The molecular weight excluding hydrogens is 588 g/mol. The van der Waals surface area contributed by atoms with E-state index in [1.54, 1.807) is 7.11 Å². The summed E-state index contributed by atoms with van der Waals surface area (Å²) in [5, 5.41) is 0. The number of methoxy groups -OCH3 is 3. The van der Waals surface area contributed by atoms with Crippen LogP contribution in [0.25, 0.3) is 0 Å². The van der Waals surface area contributed by atoms with Crippen LogP contribution in [0.1, 0.15) is 106 Å². The van der Waals surface area contributed by atoms with Crippen LogP contribution < -0.4 is 0 Å². The van der Waals surface area contributed by atoms with Gasteiger partial charge in [0.05, 0.1) is 14.2 Å². The van der Waals surface area contributed by atoms with Crippen LogP contribution in [-0.2, 0) is 33.2 Å². The van der Waals surface area contributed by atoms with Crippen LogP contribution >= 0.6 is 0 Å². The minimum absolute atomic E-state index is 0.103. The first-order valence-corrected chi connectivity index (χ1v) is 17.3. The Hall–Kier alpha value is -2.39. The molecule has 260 valence electrons. The fourth-order valence-electron chi connectivity index (χ4n) is 9.63. The van der Waals surface area contributed by atoms with Crippen molar-refractivity contribution < 1.29 is 42.8 Å². The molecule has 4 aliphatic rings. The zero-order chi connectivity index (χ0) is 33.9. The van der Waals surface area contributed by atoms with Crippen molar-refractivity contribution in [3.63, 3.8) is 0 Å². The summed E-state index contributed by atoms with van der Waals surface area (Å²) in [4.78, 5) is 38.0. The second kappa shape index (κ2) is 14.8. The van der Waals surface area contributed by atoms with Gasteiger partial charge in [-0.1, -0.05) is 63.8 Å². The lowest BCUT2D eigenvalue weighted by Gasteiger charge is -2.57. The van der Waals surface area contributed by atoms with Crippen molar-refractivity contribution in [2.24, 2.45) is 40.4 Å². The molecule has 0 heterocycles. The first kappa shape index (κ1) is 36.4. The van der Waals surface area contributed by atoms with Gasteiger partial charge in [0.15, 0.2) is 5.78 Å². The van der Waals surface area contributed by atoms with Gasteiger partial charge >= 0.3 is 12.3 Å². The largest absolute Gasteiger partial charge is 0.508 e. The zero-order valence-electron chi connectivity index (χ0n) is 29.6. The predicted molar refractivity (Wildman–Crippen MR) is 174 cm³/mol. The van der Waals surface area contributed by atoms with Gasteiger partial charge in [-0.25, -0.2) is 9.59 Å². The Bertz CT molecular complexity index is 1170. The van der Waals surface area contributed by atoms with Crippen LogP contribution in [0, 0.1) is 40.4 Å². The van der Waals surface area contributed by atoms with Gasteiger partial charge in [0.2, 0.25) is 0 Å². The highest BCUT2D eigenvalue weighted by Crippen LogP contribution is 2.67. The lowest BCUT2D eigenvalue weighted by molar-refractivity contribution is -0.157. The van der Waals surface area contributed by atoms with Gasteiger partial charge in [-0.2, -0.15) is 0 Å². The number of hydrogen-bond donors (Lipinski definition) is 0. The molecule has 0 aromatic carbocycles. The summed E-state index contributed by atoms with van der Waals surface area (Å²) in [5.41, 5.74) is 1.40. The molecule has 0 N–H and O–H groups in total. The highest BCUT2D eigenvalue weighted by molar-refractivity contribution is 5.86. The summed E-state index contributed by atoms with van der Waals surface area (Å²) in [6, 6.07) is 0. The second-order valence-corrected chi connectivity index (χ2v) is 15.1. The van der Waals surface area contributed by atoms with Crippen molar-refractivity contribution in [3.05, 3.63) is 23.3 Å². The molecule has 3 saturated carbocycles. The summed E-state index contributed by atoms with van der Waals surface area (Å²) in [6.07, 6.45) is 11.1. The van der Waals surface area contributed by atoms with Crippen LogP contribution in [0.2, 0.25) is 0 Å². The third-order valence-corrected chi connectivity index (χ3v) is 12.5. The van der Waals surface area contributed by atoms with Gasteiger partial charge in [0, 0.05) is 31.8 Å². The molecule has 9 nitrogen and oxygen atoms in total. The average molecular weight is 647 g/mol. The van der Waals surface area contributed by atoms with E-state index in [0.29, 0.717) is 42.9 Å². The summed E-state index contributed by atoms with van der Waals surface area (Å²) in [7, 11) is 4.19. The molecule has 4 rings (SSSR count). The van der Waals surface area contributed by atoms with Gasteiger partial charge in [-0.15, -0.1) is 0 Å². The molecule has 0 aliphatic heterocycles. The molecule has 0 amide bonds. The lowest BCUT2D eigenvalue weighted by atomic mass is 9.49. The molecule has 0 spiro atoms. The Labute approximate surface area is 276 Å². The third-order valence-electron chi connectivity index (χ3n) is 12.5. The van der Waals surface area contributed by atoms with Gasteiger partial charge in [-0.05, 0) is 81.0 Å². The lowest BCUT2D eigenvalue weighted by Crippen LogP contribution is -2.54. The average Bonchev–Trinajstić information content (AvgIpc) is 3.39. The molecule has 46 heavy (non-hydrogen) atoms. The molecule has 1 unspecified atom stereocenters. The van der Waals surface area contributed by atoms with Gasteiger partial charge in [0.1, 0.15) is 24.6 Å². The molecular formula is C37H58O9. The Morgan fingerprint density at radius 1 is 0.978 bits per heavy atom. The fraction of sp³-hybridized carbons (Fsp3) is 0.811. The number of carbonyl (C=O) groups excluding carboxylic acids is 3. The number of allylic oxidation sites excluding steroid dienone is 3. The summed E-state index contributed by atoms with van der Waals surface area (Å²) in [5.74, 6) is 1.96. The molecule has 9 atom stereocenters. The fourth-order valence-corrected chi connectivity index (χ4v) is 9.63. The van der Waals surface area contributed by atoms with Crippen molar-refractivity contribution in [1.29, 1.82) is 0 Å². The molecule has 0 aromatic rings. The number of ketones is 1. The number of Topliss-reactive ketones (excluding diaryl/α,β-unsaturated/α-hetero) is 1. The van der Waals surface area contributed by atoms with Crippen molar-refractivity contribution in [2.45, 2.75) is 124 Å². The van der Waals surface area contributed by atoms with Crippen molar-refractivity contribution in [1.82, 2.24) is 0 Å². The van der Waals surface area contributed by atoms with E-state index in [-0.39, 0.29) is 23.9 Å². The summed E-state index contributed by atoms with van der Waals surface area (Å²) < 4.78 is 32.1. The van der Waals surface area contributed by atoms with Gasteiger partial charge in [-0.3, -0.25) is 4.79 Å². The number of rotatable bonds is 13. The third kappa shape index (κ3) is 7.06. The van der Waals surface area contributed by atoms with Crippen LogP contribution in [0.5, 0.6) is 0 Å². The molecule has 0 radical (unpaired) electrons. The van der Waals surface area contributed by atoms with E-state index in [0.717, 1.165) is 50.5 Å². The van der Waals surface area contributed by atoms with E-state index < -0.39 is 35.5 Å². The van der Waals surface area contributed by atoms with E-state index >= 15 is 0 Å². The highest BCUT2D eigenvalue weighted by Gasteiger charge is 2.60. The minimum Gasteiger partial charge on any atom is -0.438 e. The van der Waals surface area contributed by atoms with Crippen LogP contribution in [0.3, 0.4) is 0 Å². The number of ether oxygens (including phenoxy) is 6. The molecule has 0 aromatic heterocycles. The minimum atomic E-state index is -0.879. The second-order valence-electron chi connectivity index (χ2n) is 15.1. The monoisotopic (exact) mass is 646 g/mol. The quantitative estimate of drug-likeness (QED) is 0.145. The van der Waals surface area contributed by atoms with E-state index in [9.17, 15) is 14.4 Å². The maximum absolute atomic E-state index is 13.5. The molecule has 3 fully saturated rings. The molecule has 4 aliphatic carbocycles. The van der Waals surface area contributed by atoms with Crippen LogP contribution in [0.4, 0.5) is 9.59 Å². The molecule has 0 bridgehead atoms. The van der Waals surface area contributed by atoms with Crippen molar-refractivity contribution in [3.8, 4) is 0 Å². The Morgan fingerprint density at radius 2 is 1.67 bits per heavy atom. The number of fused-ring (bicyclic) bond motifs is 5. The van der Waals surface area contributed by atoms with E-state index in [1.807, 2.05) is 13.8 Å². The standard InChI is InChI=1S/C37H58O9/c1-10-11-12-24(19-31(38)35(3,4)44-22-41-7)23(2)28-15-16-29-27-14-13-25-20-26(45-33(39)42-8)21-32(46-34(40)43-9)37(25,6)30(27)17-18-36(28,29)5/h13-14,23-24,26,28-30,32H,10-12,15-22H2,1-9H3/t23-,24-,26+,28+,29-,30?,32-,36+,37-/m0/s1. The van der Waals surface area contributed by atoms with E-state index in [2.05, 4.69) is 39.8 Å². The SMILES string of the molecule is CCCC[C@@H](CC(=O)C(C)(C)OCOC)[C@H](C)[C@H]1CC[C@H]2C3=CC=C4C[C@@H](OC(=O)OC)C[C@H](OC(=O)OC)[C@]4(C)C3CC[C@]12C. The maximum atomic E-state index is 13.5. The number of carbonyl (C=O) groups is 3. The predicted octanol–water partition coefficient (Wildman–Crippen LogP) is 8.20. The van der Waals surface area contributed by atoms with Crippen molar-refractivity contribution in [2.75, 3.05) is 28.1 Å². The zero-order valence-corrected chi connectivity index (χ0v) is 29.6. The van der Waals surface area contributed by atoms with Crippen LogP contribution in [-0.4, -0.2) is 64.0 Å². The Balaban J connectivity index is 1.60. The topological polar surface area (TPSA) is 107 Å². The van der Waals surface area contributed by atoms with Crippen molar-refractivity contribution >= 4 is 18.1 Å². The molecule has 9 heteroatoms. The maximum Gasteiger partial charge on any atom is 0.508 e. The summed E-state index contributed by atoms with van der Waals surface area (Å²) >= 11 is 0. The molecule has 0 saturated heterocycles. The first-order chi connectivity index (χ1) is 21.8. The van der Waals surface area contributed by atoms with Gasteiger partial charge < -0.3 is 28.4 Å². The Kier molecular flexibility index (Phi) is 11.7. The van der Waals surface area contributed by atoms with E-state index in [1.165, 1.54) is 19.8 Å². The first-order valence-electron chi connectivity index (χ1n) is 17.3. The number of hydrogen-bond acceptors (Lipinski definition) is 9. The van der Waals surface area contributed by atoms with E-state index in [4.69, 9.17) is 28.4 Å². The summed E-state index contributed by atoms with van der Waals surface area (Å²) in [6.45, 7) is 13.1.